The number of Topliss-reactive ketones (excluding diaryl/α,β-unsaturated/α-hetero) is 1. The summed E-state index contributed by atoms with van der Waals surface area (Å²) in [7, 11) is 0. The normalized spacial score (nSPS) is 16.7. The fraction of sp³-hybridized carbons (Fsp3) is 0.320. The number of hydrogen-bond donors (Lipinski definition) is 0. The highest BCUT2D eigenvalue weighted by molar-refractivity contribution is 7.12. The van der Waals surface area contributed by atoms with Crippen LogP contribution in [0.15, 0.2) is 65.4 Å². The second kappa shape index (κ2) is 11.2. The van der Waals surface area contributed by atoms with Crippen molar-refractivity contribution in [2.45, 2.75) is 25.4 Å². The van der Waals surface area contributed by atoms with E-state index in [-0.39, 0.29) is 24.7 Å². The molecule has 2 atom stereocenters. The molecule has 172 valence electrons. The molecule has 1 aromatic carbocycles. The van der Waals surface area contributed by atoms with E-state index < -0.39 is 18.0 Å². The highest BCUT2D eigenvalue weighted by atomic mass is 32.1. The standard InChI is InChI=1S/C25H25NO5S2/c27-22(12-14-30-19-8-2-1-3-9-19)26-13-4-7-18(17-26)25(29)31-24(21-11-6-16-33-21)23(28)20-10-5-15-32-20/h1-3,5-6,8-11,15-16,18,24H,4,7,12-14,17H2/t18-,24-/m0/s1. The molecule has 3 aromatic rings. The second-order valence-corrected chi connectivity index (χ2v) is 9.69. The van der Waals surface area contributed by atoms with Crippen molar-refractivity contribution in [3.8, 4) is 5.75 Å². The molecule has 1 aliphatic rings. The van der Waals surface area contributed by atoms with Crippen molar-refractivity contribution in [3.05, 3.63) is 75.1 Å². The summed E-state index contributed by atoms with van der Waals surface area (Å²) in [5.41, 5.74) is 0. The van der Waals surface area contributed by atoms with Gasteiger partial charge in [-0.3, -0.25) is 14.4 Å². The number of hydrogen-bond acceptors (Lipinski definition) is 7. The van der Waals surface area contributed by atoms with E-state index in [4.69, 9.17) is 9.47 Å². The molecule has 6 nitrogen and oxygen atoms in total. The number of amides is 1. The summed E-state index contributed by atoms with van der Waals surface area (Å²) in [6, 6.07) is 16.5. The van der Waals surface area contributed by atoms with E-state index in [1.165, 1.54) is 22.7 Å². The molecule has 4 rings (SSSR count). The van der Waals surface area contributed by atoms with E-state index in [2.05, 4.69) is 0 Å². The van der Waals surface area contributed by atoms with Gasteiger partial charge in [-0.25, -0.2) is 0 Å². The summed E-state index contributed by atoms with van der Waals surface area (Å²) < 4.78 is 11.4. The maximum Gasteiger partial charge on any atom is 0.311 e. The molecule has 1 amide bonds. The smallest absolute Gasteiger partial charge is 0.311 e. The van der Waals surface area contributed by atoms with E-state index in [0.717, 1.165) is 5.75 Å². The molecule has 33 heavy (non-hydrogen) atoms. The zero-order valence-electron chi connectivity index (χ0n) is 18.1. The summed E-state index contributed by atoms with van der Waals surface area (Å²) in [4.78, 5) is 41.6. The van der Waals surface area contributed by atoms with Gasteiger partial charge in [0, 0.05) is 13.1 Å². The molecule has 8 heteroatoms. The Bertz CT molecular complexity index is 1050. The number of nitrogens with zero attached hydrogens (tertiary/aromatic N) is 1. The van der Waals surface area contributed by atoms with Crippen molar-refractivity contribution in [2.75, 3.05) is 19.7 Å². The first kappa shape index (κ1) is 23.2. The lowest BCUT2D eigenvalue weighted by molar-refractivity contribution is -0.155. The third-order valence-corrected chi connectivity index (χ3v) is 7.27. The molecule has 2 aromatic heterocycles. The minimum Gasteiger partial charge on any atom is -0.493 e. The van der Waals surface area contributed by atoms with Crippen LogP contribution in [0.3, 0.4) is 0 Å². The molecule has 0 radical (unpaired) electrons. The molecule has 3 heterocycles. The van der Waals surface area contributed by atoms with Gasteiger partial charge in [0.25, 0.3) is 0 Å². The van der Waals surface area contributed by atoms with Crippen LogP contribution in [0.4, 0.5) is 0 Å². The Hall–Kier alpha value is -2.97. The molecule has 1 saturated heterocycles. The third-order valence-electron chi connectivity index (χ3n) is 5.47. The fourth-order valence-electron chi connectivity index (χ4n) is 3.77. The summed E-state index contributed by atoms with van der Waals surface area (Å²) in [5.74, 6) is -0.427. The van der Waals surface area contributed by atoms with Crippen molar-refractivity contribution in [3.63, 3.8) is 0 Å². The van der Waals surface area contributed by atoms with Crippen LogP contribution in [0.2, 0.25) is 0 Å². The van der Waals surface area contributed by atoms with Crippen molar-refractivity contribution in [2.24, 2.45) is 5.92 Å². The molecule has 1 fully saturated rings. The predicted molar refractivity (Wildman–Crippen MR) is 128 cm³/mol. The lowest BCUT2D eigenvalue weighted by Crippen LogP contribution is -2.43. The number of likely N-dealkylation sites (tertiary alicyclic amines) is 1. The number of esters is 1. The predicted octanol–water partition coefficient (Wildman–Crippen LogP) is 4.98. The Kier molecular flexibility index (Phi) is 7.91. The summed E-state index contributed by atoms with van der Waals surface area (Å²) >= 11 is 2.71. The van der Waals surface area contributed by atoms with Crippen LogP contribution in [-0.2, 0) is 14.3 Å². The highest BCUT2D eigenvalue weighted by Gasteiger charge is 2.34. The zero-order chi connectivity index (χ0) is 23.0. The van der Waals surface area contributed by atoms with Crippen LogP contribution in [0.25, 0.3) is 0 Å². The van der Waals surface area contributed by atoms with Crippen LogP contribution in [-0.4, -0.2) is 42.3 Å². The minimum atomic E-state index is -0.957. The third kappa shape index (κ3) is 6.09. The molecule has 0 bridgehead atoms. The SMILES string of the molecule is O=C(O[C@H](C(=O)c1cccs1)c1cccs1)[C@H]1CCCN(C(=O)CCOc2ccccc2)C1. The maximum atomic E-state index is 13.0. The molecular formula is C25H25NO5S2. The molecule has 0 unspecified atom stereocenters. The quantitative estimate of drug-likeness (QED) is 0.317. The van der Waals surface area contributed by atoms with E-state index >= 15 is 0 Å². The molecule has 0 N–H and O–H groups in total. The van der Waals surface area contributed by atoms with Crippen LogP contribution in [0.5, 0.6) is 5.75 Å². The van der Waals surface area contributed by atoms with Crippen molar-refractivity contribution < 1.29 is 23.9 Å². The van der Waals surface area contributed by atoms with Gasteiger partial charge in [0.05, 0.1) is 28.7 Å². The Morgan fingerprint density at radius 1 is 1.00 bits per heavy atom. The number of para-hydroxylation sites is 1. The molecule has 1 aliphatic heterocycles. The van der Waals surface area contributed by atoms with Gasteiger partial charge < -0.3 is 14.4 Å². The molecule has 0 spiro atoms. The largest absolute Gasteiger partial charge is 0.493 e. The second-order valence-electron chi connectivity index (χ2n) is 7.76. The first-order valence-corrected chi connectivity index (χ1v) is 12.6. The van der Waals surface area contributed by atoms with Crippen molar-refractivity contribution in [1.29, 1.82) is 0 Å². The van der Waals surface area contributed by atoms with E-state index in [9.17, 15) is 14.4 Å². The zero-order valence-corrected chi connectivity index (χ0v) is 19.7. The Morgan fingerprint density at radius 3 is 2.52 bits per heavy atom. The van der Waals surface area contributed by atoms with E-state index in [1.54, 1.807) is 23.1 Å². The van der Waals surface area contributed by atoms with Gasteiger partial charge in [0.2, 0.25) is 11.7 Å². The van der Waals surface area contributed by atoms with Crippen molar-refractivity contribution >= 4 is 40.3 Å². The topological polar surface area (TPSA) is 72.9 Å². The Balaban J connectivity index is 1.34. The van der Waals surface area contributed by atoms with Crippen LogP contribution >= 0.6 is 22.7 Å². The first-order valence-electron chi connectivity index (χ1n) is 10.9. The number of rotatable bonds is 9. The number of carbonyl (C=O) groups is 3. The minimum absolute atomic E-state index is 0.0482. The number of carbonyl (C=O) groups excluding carboxylic acids is 3. The summed E-state index contributed by atoms with van der Waals surface area (Å²) in [5, 5.41) is 3.68. The monoisotopic (exact) mass is 483 g/mol. The molecular weight excluding hydrogens is 458 g/mol. The van der Waals surface area contributed by atoms with Gasteiger partial charge in [0.1, 0.15) is 5.75 Å². The number of ether oxygens (including phenoxy) is 2. The number of ketones is 1. The Labute approximate surface area is 200 Å². The van der Waals surface area contributed by atoms with Crippen LogP contribution in [0, 0.1) is 5.92 Å². The summed E-state index contributed by atoms with van der Waals surface area (Å²) in [6.45, 7) is 1.19. The lowest BCUT2D eigenvalue weighted by atomic mass is 9.97. The average molecular weight is 484 g/mol. The van der Waals surface area contributed by atoms with E-state index in [0.29, 0.717) is 35.7 Å². The van der Waals surface area contributed by atoms with Gasteiger partial charge in [-0.1, -0.05) is 30.3 Å². The van der Waals surface area contributed by atoms with Gasteiger partial charge in [-0.15, -0.1) is 22.7 Å². The van der Waals surface area contributed by atoms with Crippen molar-refractivity contribution in [1.82, 2.24) is 4.90 Å². The van der Waals surface area contributed by atoms with Gasteiger partial charge in [0.15, 0.2) is 6.10 Å². The van der Waals surface area contributed by atoms with Gasteiger partial charge in [-0.2, -0.15) is 0 Å². The number of piperidine rings is 1. The first-order chi connectivity index (χ1) is 16.1. The molecule has 0 saturated carbocycles. The number of thiophene rings is 2. The van der Waals surface area contributed by atoms with Gasteiger partial charge >= 0.3 is 5.97 Å². The number of benzene rings is 1. The maximum absolute atomic E-state index is 13.0. The highest BCUT2D eigenvalue weighted by Crippen LogP contribution is 2.30. The molecule has 0 aliphatic carbocycles. The van der Waals surface area contributed by atoms with Gasteiger partial charge in [-0.05, 0) is 47.9 Å². The average Bonchev–Trinajstić information content (AvgIpc) is 3.57. The fourth-order valence-corrected chi connectivity index (χ4v) is 5.20. The van der Waals surface area contributed by atoms with Crippen LogP contribution < -0.4 is 4.74 Å². The summed E-state index contributed by atoms with van der Waals surface area (Å²) in [6.07, 6.45) is 0.633. The Morgan fingerprint density at radius 2 is 1.79 bits per heavy atom. The lowest BCUT2D eigenvalue weighted by Gasteiger charge is -2.32. The van der Waals surface area contributed by atoms with Crippen LogP contribution in [0.1, 0.15) is 39.9 Å². The van der Waals surface area contributed by atoms with E-state index in [1.807, 2.05) is 47.2 Å².